The van der Waals surface area contributed by atoms with Crippen LogP contribution in [0.15, 0.2) is 54.6 Å². The van der Waals surface area contributed by atoms with Crippen LogP contribution in [0.2, 0.25) is 0 Å². The van der Waals surface area contributed by atoms with Crippen LogP contribution in [0.4, 0.5) is 0 Å². The Morgan fingerprint density at radius 2 is 1.44 bits per heavy atom. The SMILES string of the molecule is BrCc1cccc(-c2ccccc2)c1.[K+].[OH-]. The molecule has 0 spiro atoms. The fourth-order valence-electron chi connectivity index (χ4n) is 1.46. The molecule has 3 heteroatoms. The van der Waals surface area contributed by atoms with Gasteiger partial charge in [0.05, 0.1) is 0 Å². The molecule has 0 aliphatic heterocycles. The Morgan fingerprint density at radius 1 is 0.812 bits per heavy atom. The van der Waals surface area contributed by atoms with Crippen molar-refractivity contribution >= 4 is 15.9 Å². The molecule has 78 valence electrons. The van der Waals surface area contributed by atoms with Crippen LogP contribution in [0.25, 0.3) is 11.1 Å². The number of rotatable bonds is 2. The van der Waals surface area contributed by atoms with E-state index in [-0.39, 0.29) is 56.9 Å². The van der Waals surface area contributed by atoms with E-state index < -0.39 is 0 Å². The zero-order valence-electron chi connectivity index (χ0n) is 9.23. The molecule has 0 aromatic heterocycles. The summed E-state index contributed by atoms with van der Waals surface area (Å²) in [7, 11) is 0. The number of benzene rings is 2. The van der Waals surface area contributed by atoms with E-state index in [0.29, 0.717) is 0 Å². The van der Waals surface area contributed by atoms with Gasteiger partial charge in [0.15, 0.2) is 0 Å². The minimum atomic E-state index is 0. The van der Waals surface area contributed by atoms with Crippen molar-refractivity contribution in [3.63, 3.8) is 0 Å². The normalized spacial score (nSPS) is 8.81. The molecule has 0 saturated heterocycles. The summed E-state index contributed by atoms with van der Waals surface area (Å²) >= 11 is 3.46. The van der Waals surface area contributed by atoms with Crippen LogP contribution in [0.1, 0.15) is 5.56 Å². The minimum Gasteiger partial charge on any atom is -0.870 e. The molecule has 0 heterocycles. The van der Waals surface area contributed by atoms with E-state index in [1.54, 1.807) is 0 Å². The maximum Gasteiger partial charge on any atom is 1.00 e. The van der Waals surface area contributed by atoms with Gasteiger partial charge in [-0.3, -0.25) is 0 Å². The van der Waals surface area contributed by atoms with Crippen molar-refractivity contribution in [1.82, 2.24) is 0 Å². The smallest absolute Gasteiger partial charge is 0.870 e. The Kier molecular flexibility index (Phi) is 8.86. The molecular weight excluding hydrogens is 291 g/mol. The van der Waals surface area contributed by atoms with Gasteiger partial charge >= 0.3 is 51.4 Å². The number of hydrogen-bond acceptors (Lipinski definition) is 1. The van der Waals surface area contributed by atoms with Crippen LogP contribution in [-0.4, -0.2) is 5.48 Å². The summed E-state index contributed by atoms with van der Waals surface area (Å²) < 4.78 is 0. The molecule has 0 bridgehead atoms. The summed E-state index contributed by atoms with van der Waals surface area (Å²) in [6.45, 7) is 0. The average molecular weight is 303 g/mol. The molecule has 0 atom stereocenters. The summed E-state index contributed by atoms with van der Waals surface area (Å²) in [6, 6.07) is 19.0. The molecule has 1 N–H and O–H groups in total. The number of halogens is 1. The van der Waals surface area contributed by atoms with Crippen LogP contribution in [0, 0.1) is 0 Å². The predicted molar refractivity (Wildman–Crippen MR) is 66.4 cm³/mol. The fourth-order valence-corrected chi connectivity index (χ4v) is 1.81. The van der Waals surface area contributed by atoms with Crippen molar-refractivity contribution in [2.24, 2.45) is 0 Å². The molecule has 0 radical (unpaired) electrons. The first-order chi connectivity index (χ1) is 6.90. The molecular formula is C13H12BrKO. The Hall–Kier alpha value is 0.516. The fraction of sp³-hybridized carbons (Fsp3) is 0.0769. The third kappa shape index (κ3) is 4.41. The van der Waals surface area contributed by atoms with Gasteiger partial charge in [0.25, 0.3) is 0 Å². The molecule has 2 rings (SSSR count). The maximum atomic E-state index is 3.46. The van der Waals surface area contributed by atoms with Crippen molar-refractivity contribution in [2.75, 3.05) is 0 Å². The quantitative estimate of drug-likeness (QED) is 0.603. The Labute approximate surface area is 147 Å². The van der Waals surface area contributed by atoms with E-state index in [4.69, 9.17) is 0 Å². The number of hydrogen-bond donors (Lipinski definition) is 0. The second kappa shape index (κ2) is 8.58. The van der Waals surface area contributed by atoms with Gasteiger partial charge in [-0.1, -0.05) is 70.5 Å². The van der Waals surface area contributed by atoms with Crippen LogP contribution < -0.4 is 51.4 Å². The Bertz CT molecular complexity index is 417. The molecule has 1 nitrogen and oxygen atoms in total. The second-order valence-corrected chi connectivity index (χ2v) is 3.76. The summed E-state index contributed by atoms with van der Waals surface area (Å²) in [5, 5.41) is 0.910. The average Bonchev–Trinajstić information content (AvgIpc) is 2.30. The van der Waals surface area contributed by atoms with Crippen LogP contribution in [0.5, 0.6) is 0 Å². The van der Waals surface area contributed by atoms with Gasteiger partial charge in [-0.25, -0.2) is 0 Å². The van der Waals surface area contributed by atoms with Crippen molar-refractivity contribution in [3.8, 4) is 11.1 Å². The standard InChI is InChI=1S/C13H11Br.K.H2O/c14-10-11-5-4-8-13(9-11)12-6-2-1-3-7-12;;/h1-9H,10H2;;1H2/q;+1;/p-1. The molecule has 0 fully saturated rings. The van der Waals surface area contributed by atoms with Gasteiger partial charge in [-0.15, -0.1) is 0 Å². The van der Waals surface area contributed by atoms with E-state index in [0.717, 1.165) is 5.33 Å². The zero-order valence-corrected chi connectivity index (χ0v) is 13.9. The summed E-state index contributed by atoms with van der Waals surface area (Å²) in [4.78, 5) is 0. The van der Waals surface area contributed by atoms with Gasteiger partial charge in [0.1, 0.15) is 0 Å². The minimum absolute atomic E-state index is 0. The molecule has 0 unspecified atom stereocenters. The predicted octanol–water partition coefficient (Wildman–Crippen LogP) is 1.08. The van der Waals surface area contributed by atoms with Crippen LogP contribution in [-0.2, 0) is 5.33 Å². The topological polar surface area (TPSA) is 30.0 Å². The monoisotopic (exact) mass is 302 g/mol. The first-order valence-electron chi connectivity index (χ1n) is 4.60. The Balaban J connectivity index is 0.00000112. The van der Waals surface area contributed by atoms with Gasteiger partial charge in [0.2, 0.25) is 0 Å². The first-order valence-corrected chi connectivity index (χ1v) is 5.72. The van der Waals surface area contributed by atoms with Gasteiger partial charge in [0, 0.05) is 5.33 Å². The van der Waals surface area contributed by atoms with Crippen molar-refractivity contribution in [1.29, 1.82) is 0 Å². The van der Waals surface area contributed by atoms with Crippen molar-refractivity contribution in [2.45, 2.75) is 5.33 Å². The molecule has 0 saturated carbocycles. The Morgan fingerprint density at radius 3 is 2.06 bits per heavy atom. The van der Waals surface area contributed by atoms with Gasteiger partial charge in [-0.05, 0) is 16.7 Å². The van der Waals surface area contributed by atoms with Gasteiger partial charge < -0.3 is 5.48 Å². The largest absolute Gasteiger partial charge is 1.00 e. The van der Waals surface area contributed by atoms with E-state index in [1.165, 1.54) is 16.7 Å². The van der Waals surface area contributed by atoms with Crippen molar-refractivity contribution < 1.29 is 56.9 Å². The van der Waals surface area contributed by atoms with E-state index in [2.05, 4.69) is 64.5 Å². The molecule has 2 aromatic rings. The van der Waals surface area contributed by atoms with E-state index in [1.807, 2.05) is 6.07 Å². The van der Waals surface area contributed by atoms with Gasteiger partial charge in [-0.2, -0.15) is 0 Å². The second-order valence-electron chi connectivity index (χ2n) is 3.20. The third-order valence-electron chi connectivity index (χ3n) is 2.19. The van der Waals surface area contributed by atoms with Crippen molar-refractivity contribution in [3.05, 3.63) is 60.2 Å². The molecule has 0 aliphatic rings. The zero-order chi connectivity index (χ0) is 9.80. The van der Waals surface area contributed by atoms with E-state index >= 15 is 0 Å². The molecule has 0 amide bonds. The van der Waals surface area contributed by atoms with Crippen LogP contribution in [0.3, 0.4) is 0 Å². The third-order valence-corrected chi connectivity index (χ3v) is 2.84. The molecule has 0 aliphatic carbocycles. The molecule has 2 aromatic carbocycles. The van der Waals surface area contributed by atoms with Crippen LogP contribution >= 0.6 is 15.9 Å². The number of alkyl halides is 1. The summed E-state index contributed by atoms with van der Waals surface area (Å²) in [5.41, 5.74) is 3.87. The molecule has 16 heavy (non-hydrogen) atoms. The summed E-state index contributed by atoms with van der Waals surface area (Å²) in [6.07, 6.45) is 0. The summed E-state index contributed by atoms with van der Waals surface area (Å²) in [5.74, 6) is 0. The first kappa shape index (κ1) is 16.5. The van der Waals surface area contributed by atoms with E-state index in [9.17, 15) is 0 Å². The maximum absolute atomic E-state index is 3.46.